The molecule has 5 heteroatoms. The van der Waals surface area contributed by atoms with E-state index < -0.39 is 0 Å². The number of halogens is 2. The molecule has 2 N–H and O–H groups in total. The predicted molar refractivity (Wildman–Crippen MR) is 78.4 cm³/mol. The molecule has 0 radical (unpaired) electrons. The topological polar surface area (TPSA) is 43.3 Å². The lowest BCUT2D eigenvalue weighted by molar-refractivity contribution is 0.628. The summed E-state index contributed by atoms with van der Waals surface area (Å²) in [6.07, 6.45) is 2.58. The van der Waals surface area contributed by atoms with E-state index in [-0.39, 0.29) is 5.82 Å². The third kappa shape index (κ3) is 2.17. The number of fused-ring (bicyclic) bond motifs is 1. The number of nitrogens with two attached hydrogens (primary N) is 1. The third-order valence-corrected chi connectivity index (χ3v) is 3.50. The molecule has 3 rings (SSSR count). The smallest absolute Gasteiger partial charge is 0.156 e. The molecule has 1 aromatic carbocycles. The SMILES string of the molecule is NCCc1c(-c2ccc(F)cc2)nc2c(Cl)cccn12. The largest absolute Gasteiger partial charge is 0.330 e. The summed E-state index contributed by atoms with van der Waals surface area (Å²) in [6.45, 7) is 0.508. The standard InChI is InChI=1S/C15H13ClFN3/c16-12-2-1-9-20-13(7-8-18)14(19-15(12)20)10-3-5-11(17)6-4-10/h1-6,9H,7-8,18H2. The number of hydrogen-bond acceptors (Lipinski definition) is 2. The normalized spacial score (nSPS) is 11.2. The van der Waals surface area contributed by atoms with Gasteiger partial charge in [-0.05, 0) is 42.9 Å². The predicted octanol–water partition coefficient (Wildman–Crippen LogP) is 3.30. The number of aromatic nitrogens is 2. The van der Waals surface area contributed by atoms with Crippen LogP contribution in [0.25, 0.3) is 16.9 Å². The van der Waals surface area contributed by atoms with Crippen molar-refractivity contribution in [3.8, 4) is 11.3 Å². The summed E-state index contributed by atoms with van der Waals surface area (Å²) in [5.74, 6) is -0.268. The molecule has 0 atom stereocenters. The van der Waals surface area contributed by atoms with Gasteiger partial charge in [-0.1, -0.05) is 11.6 Å². The maximum Gasteiger partial charge on any atom is 0.156 e. The monoisotopic (exact) mass is 289 g/mol. The van der Waals surface area contributed by atoms with E-state index in [1.165, 1.54) is 12.1 Å². The molecule has 0 saturated carbocycles. The fourth-order valence-electron chi connectivity index (χ4n) is 2.30. The summed E-state index contributed by atoms with van der Waals surface area (Å²) < 4.78 is 15.0. The van der Waals surface area contributed by atoms with Crippen molar-refractivity contribution < 1.29 is 4.39 Å². The molecule has 0 unspecified atom stereocenters. The molecule has 0 fully saturated rings. The second kappa shape index (κ2) is 5.23. The first kappa shape index (κ1) is 13.1. The van der Waals surface area contributed by atoms with Gasteiger partial charge >= 0.3 is 0 Å². The molecule has 0 spiro atoms. The molecular weight excluding hydrogens is 277 g/mol. The van der Waals surface area contributed by atoms with Gasteiger partial charge in [-0.2, -0.15) is 0 Å². The minimum absolute atomic E-state index is 0.268. The molecule has 0 aliphatic carbocycles. The van der Waals surface area contributed by atoms with Gasteiger partial charge < -0.3 is 10.1 Å². The minimum atomic E-state index is -0.268. The summed E-state index contributed by atoms with van der Waals surface area (Å²) in [5, 5.41) is 0.583. The fourth-order valence-corrected chi connectivity index (χ4v) is 2.50. The Morgan fingerprint density at radius 2 is 1.95 bits per heavy atom. The Morgan fingerprint density at radius 1 is 1.20 bits per heavy atom. The first-order chi connectivity index (χ1) is 9.70. The van der Waals surface area contributed by atoms with Crippen LogP contribution in [0.1, 0.15) is 5.69 Å². The zero-order valence-electron chi connectivity index (χ0n) is 10.7. The summed E-state index contributed by atoms with van der Waals surface area (Å²) in [4.78, 5) is 4.58. The lowest BCUT2D eigenvalue weighted by atomic mass is 10.1. The molecule has 0 amide bonds. The Labute approximate surface area is 120 Å². The van der Waals surface area contributed by atoms with Crippen LogP contribution in [0.15, 0.2) is 42.6 Å². The van der Waals surface area contributed by atoms with Gasteiger partial charge in [0.2, 0.25) is 0 Å². The molecule has 20 heavy (non-hydrogen) atoms. The molecular formula is C15H13ClFN3. The lowest BCUT2D eigenvalue weighted by Gasteiger charge is -2.04. The Morgan fingerprint density at radius 3 is 2.65 bits per heavy atom. The molecule has 0 bridgehead atoms. The van der Waals surface area contributed by atoms with Crippen molar-refractivity contribution in [3.05, 3.63) is 59.1 Å². The molecule has 3 nitrogen and oxygen atoms in total. The Bertz CT molecular complexity index is 750. The molecule has 2 heterocycles. The van der Waals surface area contributed by atoms with Crippen LogP contribution in [0.2, 0.25) is 5.02 Å². The summed E-state index contributed by atoms with van der Waals surface area (Å²) in [7, 11) is 0. The Kier molecular flexibility index (Phi) is 3.42. The van der Waals surface area contributed by atoms with Gasteiger partial charge in [-0.3, -0.25) is 0 Å². The van der Waals surface area contributed by atoms with Crippen molar-refractivity contribution in [1.82, 2.24) is 9.38 Å². The van der Waals surface area contributed by atoms with Gasteiger partial charge in [0.05, 0.1) is 16.4 Å². The summed E-state index contributed by atoms with van der Waals surface area (Å²) >= 11 is 6.18. The number of imidazole rings is 1. The highest BCUT2D eigenvalue weighted by atomic mass is 35.5. The number of nitrogens with zero attached hydrogens (tertiary/aromatic N) is 2. The molecule has 2 aromatic heterocycles. The fraction of sp³-hybridized carbons (Fsp3) is 0.133. The molecule has 0 aliphatic heterocycles. The first-order valence-electron chi connectivity index (χ1n) is 6.32. The number of hydrogen-bond donors (Lipinski definition) is 1. The van der Waals surface area contributed by atoms with E-state index >= 15 is 0 Å². The second-order valence-electron chi connectivity index (χ2n) is 4.50. The summed E-state index contributed by atoms with van der Waals surface area (Å²) in [6, 6.07) is 9.94. The maximum absolute atomic E-state index is 13.1. The van der Waals surface area contributed by atoms with Crippen LogP contribution in [-0.2, 0) is 6.42 Å². The lowest BCUT2D eigenvalue weighted by Crippen LogP contribution is -2.06. The molecule has 0 aliphatic rings. The highest BCUT2D eigenvalue weighted by Crippen LogP contribution is 2.27. The van der Waals surface area contributed by atoms with Crippen LogP contribution < -0.4 is 5.73 Å². The van der Waals surface area contributed by atoms with E-state index in [1.807, 2.05) is 16.7 Å². The van der Waals surface area contributed by atoms with Crippen molar-refractivity contribution in [1.29, 1.82) is 0 Å². The highest BCUT2D eigenvalue weighted by molar-refractivity contribution is 6.33. The third-order valence-electron chi connectivity index (χ3n) is 3.20. The zero-order valence-corrected chi connectivity index (χ0v) is 11.4. The van der Waals surface area contributed by atoms with Crippen LogP contribution in [0.3, 0.4) is 0 Å². The number of rotatable bonds is 3. The van der Waals surface area contributed by atoms with Crippen LogP contribution >= 0.6 is 11.6 Å². The van der Waals surface area contributed by atoms with Crippen molar-refractivity contribution in [2.45, 2.75) is 6.42 Å². The van der Waals surface area contributed by atoms with E-state index in [2.05, 4.69) is 4.98 Å². The van der Waals surface area contributed by atoms with Gasteiger partial charge in [-0.25, -0.2) is 9.37 Å². The van der Waals surface area contributed by atoms with Crippen LogP contribution in [0.5, 0.6) is 0 Å². The second-order valence-corrected chi connectivity index (χ2v) is 4.91. The first-order valence-corrected chi connectivity index (χ1v) is 6.70. The number of benzene rings is 1. The van der Waals surface area contributed by atoms with Gasteiger partial charge in [0.15, 0.2) is 5.65 Å². The van der Waals surface area contributed by atoms with E-state index in [9.17, 15) is 4.39 Å². The van der Waals surface area contributed by atoms with Gasteiger partial charge in [0.25, 0.3) is 0 Å². The number of pyridine rings is 1. The van der Waals surface area contributed by atoms with Gasteiger partial charge in [0, 0.05) is 18.2 Å². The molecule has 0 saturated heterocycles. The van der Waals surface area contributed by atoms with E-state index in [0.717, 1.165) is 17.0 Å². The average Bonchev–Trinajstić information content (AvgIpc) is 2.81. The quantitative estimate of drug-likeness (QED) is 0.804. The van der Waals surface area contributed by atoms with Crippen molar-refractivity contribution in [3.63, 3.8) is 0 Å². The van der Waals surface area contributed by atoms with Crippen molar-refractivity contribution in [2.24, 2.45) is 5.73 Å². The Hall–Kier alpha value is -1.91. The Balaban J connectivity index is 2.26. The van der Waals surface area contributed by atoms with Crippen LogP contribution in [-0.4, -0.2) is 15.9 Å². The van der Waals surface area contributed by atoms with Crippen LogP contribution in [0.4, 0.5) is 4.39 Å². The zero-order chi connectivity index (χ0) is 14.1. The van der Waals surface area contributed by atoms with Crippen molar-refractivity contribution >= 4 is 17.2 Å². The molecule has 3 aromatic rings. The minimum Gasteiger partial charge on any atom is -0.330 e. The van der Waals surface area contributed by atoms with E-state index in [0.29, 0.717) is 23.6 Å². The van der Waals surface area contributed by atoms with Crippen molar-refractivity contribution in [2.75, 3.05) is 6.54 Å². The van der Waals surface area contributed by atoms with Gasteiger partial charge in [-0.15, -0.1) is 0 Å². The average molecular weight is 290 g/mol. The maximum atomic E-state index is 13.1. The van der Waals surface area contributed by atoms with Gasteiger partial charge in [0.1, 0.15) is 5.82 Å². The van der Waals surface area contributed by atoms with E-state index in [4.69, 9.17) is 17.3 Å². The highest BCUT2D eigenvalue weighted by Gasteiger charge is 2.14. The summed E-state index contributed by atoms with van der Waals surface area (Å²) in [5.41, 5.74) is 9.01. The van der Waals surface area contributed by atoms with Crippen LogP contribution in [0, 0.1) is 5.82 Å². The van der Waals surface area contributed by atoms with E-state index in [1.54, 1.807) is 18.2 Å². The molecule has 102 valence electrons.